The van der Waals surface area contributed by atoms with Crippen LogP contribution in [-0.4, -0.2) is 45.4 Å². The Morgan fingerprint density at radius 2 is 2.16 bits per heavy atom. The molecule has 1 saturated carbocycles. The van der Waals surface area contributed by atoms with E-state index in [1.165, 1.54) is 0 Å². The number of rotatable bonds is 9. The van der Waals surface area contributed by atoms with Gasteiger partial charge in [0, 0.05) is 26.3 Å². The van der Waals surface area contributed by atoms with Gasteiger partial charge in [0.1, 0.15) is 0 Å². The summed E-state index contributed by atoms with van der Waals surface area (Å²) >= 11 is 0. The van der Waals surface area contributed by atoms with E-state index in [9.17, 15) is 4.79 Å². The van der Waals surface area contributed by atoms with Gasteiger partial charge in [-0.2, -0.15) is 0 Å². The first-order chi connectivity index (χ1) is 9.11. The van der Waals surface area contributed by atoms with E-state index in [-0.39, 0.29) is 17.4 Å². The number of hydrogen-bond acceptors (Lipinski definition) is 4. The molecule has 1 fully saturated rings. The zero-order valence-electron chi connectivity index (χ0n) is 12.2. The first-order valence-corrected chi connectivity index (χ1v) is 7.22. The van der Waals surface area contributed by atoms with Crippen molar-refractivity contribution in [1.82, 2.24) is 5.32 Å². The lowest BCUT2D eigenvalue weighted by molar-refractivity contribution is -0.130. The molecule has 0 aliphatic heterocycles. The van der Waals surface area contributed by atoms with Crippen LogP contribution in [0.15, 0.2) is 0 Å². The summed E-state index contributed by atoms with van der Waals surface area (Å²) in [7, 11) is 1.66. The molecule has 1 amide bonds. The third-order valence-corrected chi connectivity index (χ3v) is 3.98. The van der Waals surface area contributed by atoms with Crippen molar-refractivity contribution >= 4 is 5.91 Å². The zero-order valence-corrected chi connectivity index (χ0v) is 12.2. The smallest absolute Gasteiger partial charge is 0.227 e. The van der Waals surface area contributed by atoms with E-state index < -0.39 is 0 Å². The minimum atomic E-state index is -0.366. The summed E-state index contributed by atoms with van der Waals surface area (Å²) in [5.41, 5.74) is 5.65. The van der Waals surface area contributed by atoms with Crippen molar-refractivity contribution in [3.8, 4) is 0 Å². The Morgan fingerprint density at radius 1 is 1.37 bits per heavy atom. The molecule has 0 radical (unpaired) electrons. The third-order valence-electron chi connectivity index (χ3n) is 3.98. The Labute approximate surface area is 116 Å². The van der Waals surface area contributed by atoms with E-state index in [1.54, 1.807) is 7.11 Å². The SMILES string of the molecule is COCCOCCCCNC(=O)C1(C)CCCC1N. The maximum atomic E-state index is 12.1. The molecule has 3 N–H and O–H groups in total. The lowest BCUT2D eigenvalue weighted by Crippen LogP contribution is -2.47. The normalized spacial score (nSPS) is 26.6. The quantitative estimate of drug-likeness (QED) is 0.616. The van der Waals surface area contributed by atoms with Crippen LogP contribution in [-0.2, 0) is 14.3 Å². The predicted molar refractivity (Wildman–Crippen MR) is 74.9 cm³/mol. The van der Waals surface area contributed by atoms with E-state index in [4.69, 9.17) is 15.2 Å². The fraction of sp³-hybridized carbons (Fsp3) is 0.929. The second-order valence-corrected chi connectivity index (χ2v) is 5.48. The van der Waals surface area contributed by atoms with E-state index in [2.05, 4.69) is 5.32 Å². The highest BCUT2D eigenvalue weighted by atomic mass is 16.5. The number of hydrogen-bond donors (Lipinski definition) is 2. The first-order valence-electron chi connectivity index (χ1n) is 7.22. The summed E-state index contributed by atoms with van der Waals surface area (Å²) in [5, 5.41) is 3.00. The molecule has 1 aliphatic carbocycles. The molecule has 0 spiro atoms. The van der Waals surface area contributed by atoms with Gasteiger partial charge in [-0.15, -0.1) is 0 Å². The molecule has 5 nitrogen and oxygen atoms in total. The maximum Gasteiger partial charge on any atom is 0.227 e. The third kappa shape index (κ3) is 5.09. The van der Waals surface area contributed by atoms with Gasteiger partial charge in [0.05, 0.1) is 18.6 Å². The topological polar surface area (TPSA) is 73.6 Å². The second-order valence-electron chi connectivity index (χ2n) is 5.48. The molecule has 0 aromatic rings. The average molecular weight is 272 g/mol. The number of nitrogens with one attached hydrogen (secondary N) is 1. The molecule has 19 heavy (non-hydrogen) atoms. The van der Waals surface area contributed by atoms with Gasteiger partial charge in [-0.1, -0.05) is 6.42 Å². The van der Waals surface area contributed by atoms with Crippen molar-refractivity contribution < 1.29 is 14.3 Å². The highest BCUT2D eigenvalue weighted by Crippen LogP contribution is 2.36. The summed E-state index contributed by atoms with van der Waals surface area (Å²) in [6.07, 6.45) is 4.80. The van der Waals surface area contributed by atoms with Gasteiger partial charge in [-0.25, -0.2) is 0 Å². The molecule has 112 valence electrons. The van der Waals surface area contributed by atoms with Crippen molar-refractivity contribution in [1.29, 1.82) is 0 Å². The molecule has 0 saturated heterocycles. The van der Waals surface area contributed by atoms with Gasteiger partial charge < -0.3 is 20.5 Å². The fourth-order valence-corrected chi connectivity index (χ4v) is 2.45. The molecule has 0 bridgehead atoms. The highest BCUT2D eigenvalue weighted by Gasteiger charge is 2.42. The molecule has 0 heterocycles. The fourth-order valence-electron chi connectivity index (χ4n) is 2.45. The molecule has 0 aromatic carbocycles. The van der Waals surface area contributed by atoms with Gasteiger partial charge in [0.15, 0.2) is 0 Å². The number of unbranched alkanes of at least 4 members (excludes halogenated alkanes) is 1. The van der Waals surface area contributed by atoms with E-state index in [1.807, 2.05) is 6.92 Å². The van der Waals surface area contributed by atoms with Crippen LogP contribution in [0, 0.1) is 5.41 Å². The van der Waals surface area contributed by atoms with Crippen molar-refractivity contribution in [2.75, 3.05) is 33.5 Å². The number of carbonyl (C=O) groups excluding carboxylic acids is 1. The summed E-state index contributed by atoms with van der Waals surface area (Å²) < 4.78 is 10.2. The Kier molecular flexibility index (Phi) is 7.34. The first kappa shape index (κ1) is 16.4. The van der Waals surface area contributed by atoms with Gasteiger partial charge in [0.25, 0.3) is 0 Å². The Bertz CT molecular complexity index is 273. The van der Waals surface area contributed by atoms with E-state index in [0.717, 1.165) is 38.7 Å². The molecule has 1 aliphatic rings. The van der Waals surface area contributed by atoms with Crippen molar-refractivity contribution in [3.05, 3.63) is 0 Å². The minimum absolute atomic E-state index is 0.00452. The van der Waals surface area contributed by atoms with E-state index in [0.29, 0.717) is 19.8 Å². The molecule has 0 aromatic heterocycles. The largest absolute Gasteiger partial charge is 0.382 e. The van der Waals surface area contributed by atoms with Gasteiger partial charge in [0.2, 0.25) is 5.91 Å². The summed E-state index contributed by atoms with van der Waals surface area (Å²) in [4.78, 5) is 12.1. The van der Waals surface area contributed by atoms with Crippen LogP contribution in [0.25, 0.3) is 0 Å². The van der Waals surface area contributed by atoms with Crippen molar-refractivity contribution in [2.45, 2.75) is 45.1 Å². The number of amides is 1. The van der Waals surface area contributed by atoms with Crippen LogP contribution in [0.4, 0.5) is 0 Å². The van der Waals surface area contributed by atoms with Crippen LogP contribution in [0.1, 0.15) is 39.0 Å². The monoisotopic (exact) mass is 272 g/mol. The standard InChI is InChI=1S/C14H28N2O3/c1-14(7-5-6-12(14)15)13(17)16-8-3-4-9-19-11-10-18-2/h12H,3-11,15H2,1-2H3,(H,16,17). The van der Waals surface area contributed by atoms with Gasteiger partial charge in [-0.3, -0.25) is 4.79 Å². The van der Waals surface area contributed by atoms with Gasteiger partial charge >= 0.3 is 0 Å². The highest BCUT2D eigenvalue weighted by molar-refractivity contribution is 5.83. The van der Waals surface area contributed by atoms with Crippen LogP contribution in [0.3, 0.4) is 0 Å². The minimum Gasteiger partial charge on any atom is -0.382 e. The van der Waals surface area contributed by atoms with Crippen LogP contribution in [0.5, 0.6) is 0 Å². The van der Waals surface area contributed by atoms with Crippen LogP contribution < -0.4 is 11.1 Å². The second kappa shape index (κ2) is 8.51. The average Bonchev–Trinajstić information content (AvgIpc) is 2.74. The molecular weight excluding hydrogens is 244 g/mol. The lowest BCUT2D eigenvalue weighted by atomic mass is 9.84. The lowest BCUT2D eigenvalue weighted by Gasteiger charge is -2.27. The molecule has 5 heteroatoms. The molecule has 2 atom stereocenters. The van der Waals surface area contributed by atoms with Crippen LogP contribution in [0.2, 0.25) is 0 Å². The van der Waals surface area contributed by atoms with E-state index >= 15 is 0 Å². The van der Waals surface area contributed by atoms with Crippen LogP contribution >= 0.6 is 0 Å². The van der Waals surface area contributed by atoms with Crippen molar-refractivity contribution in [2.24, 2.45) is 11.1 Å². The molecule has 2 unspecified atom stereocenters. The number of ether oxygens (including phenoxy) is 2. The molecule has 1 rings (SSSR count). The Hall–Kier alpha value is -0.650. The molecular formula is C14H28N2O3. The Balaban J connectivity index is 2.04. The van der Waals surface area contributed by atoms with Gasteiger partial charge in [-0.05, 0) is 32.6 Å². The predicted octanol–water partition coefficient (Wildman–Crippen LogP) is 1.06. The Morgan fingerprint density at radius 3 is 2.79 bits per heavy atom. The zero-order chi connectivity index (χ0) is 14.1. The number of methoxy groups -OCH3 is 1. The summed E-state index contributed by atoms with van der Waals surface area (Å²) in [5.74, 6) is 0.109. The summed E-state index contributed by atoms with van der Waals surface area (Å²) in [6.45, 7) is 4.67. The summed E-state index contributed by atoms with van der Waals surface area (Å²) in [6, 6.07) is 0.00452. The number of carbonyl (C=O) groups is 1. The van der Waals surface area contributed by atoms with Crippen molar-refractivity contribution in [3.63, 3.8) is 0 Å². The maximum absolute atomic E-state index is 12.1. The number of nitrogens with two attached hydrogens (primary N) is 1.